The minimum Gasteiger partial charge on any atom is -0.389 e. The Bertz CT molecular complexity index is 551. The zero-order valence-corrected chi connectivity index (χ0v) is 13.7. The molecule has 0 aromatic heterocycles. The summed E-state index contributed by atoms with van der Waals surface area (Å²) in [6.07, 6.45) is 0. The quantitative estimate of drug-likeness (QED) is 0.755. The highest BCUT2D eigenvalue weighted by molar-refractivity contribution is 7.88. The fourth-order valence-corrected chi connectivity index (χ4v) is 2.92. The standard InChI is InChI=1S/C14H22N2O2S2/c1-10(2)11(3)8-16-20(17,18)9-12-4-6-13(7-5-12)14(15)19/h4-7,10-11,16H,8-9H2,1-3H3,(H2,15,19). The molecule has 0 saturated carbocycles. The summed E-state index contributed by atoms with van der Waals surface area (Å²) in [7, 11) is -3.31. The Labute approximate surface area is 126 Å². The van der Waals surface area contributed by atoms with Crippen LogP contribution in [0.25, 0.3) is 0 Å². The molecule has 0 fully saturated rings. The smallest absolute Gasteiger partial charge is 0.215 e. The number of nitrogens with one attached hydrogen (secondary N) is 1. The number of sulfonamides is 1. The summed E-state index contributed by atoms with van der Waals surface area (Å²) < 4.78 is 26.6. The molecular formula is C14H22N2O2S2. The van der Waals surface area contributed by atoms with Crippen LogP contribution in [-0.4, -0.2) is 20.0 Å². The maximum Gasteiger partial charge on any atom is 0.215 e. The third-order valence-electron chi connectivity index (χ3n) is 3.36. The van der Waals surface area contributed by atoms with Crippen molar-refractivity contribution >= 4 is 27.2 Å². The molecule has 112 valence electrons. The van der Waals surface area contributed by atoms with E-state index in [0.29, 0.717) is 23.4 Å². The highest BCUT2D eigenvalue weighted by Crippen LogP contribution is 2.11. The first-order valence-electron chi connectivity index (χ1n) is 6.57. The second-order valence-corrected chi connectivity index (χ2v) is 7.64. The molecule has 0 aliphatic rings. The van der Waals surface area contributed by atoms with Crippen molar-refractivity contribution in [2.24, 2.45) is 17.6 Å². The molecule has 20 heavy (non-hydrogen) atoms. The van der Waals surface area contributed by atoms with Crippen LogP contribution in [0.15, 0.2) is 24.3 Å². The van der Waals surface area contributed by atoms with Crippen LogP contribution in [0.1, 0.15) is 31.9 Å². The molecular weight excluding hydrogens is 292 g/mol. The summed E-state index contributed by atoms with van der Waals surface area (Å²) in [4.78, 5) is 0.309. The molecule has 1 rings (SSSR count). The second kappa shape index (κ2) is 7.15. The van der Waals surface area contributed by atoms with Gasteiger partial charge in [-0.25, -0.2) is 13.1 Å². The third kappa shape index (κ3) is 5.56. The first-order valence-corrected chi connectivity index (χ1v) is 8.63. The molecule has 0 aliphatic carbocycles. The monoisotopic (exact) mass is 314 g/mol. The Morgan fingerprint density at radius 3 is 2.25 bits per heavy atom. The van der Waals surface area contributed by atoms with Crippen LogP contribution >= 0.6 is 12.2 Å². The van der Waals surface area contributed by atoms with Crippen LogP contribution < -0.4 is 10.5 Å². The van der Waals surface area contributed by atoms with Crippen molar-refractivity contribution in [3.63, 3.8) is 0 Å². The van der Waals surface area contributed by atoms with Gasteiger partial charge in [0.25, 0.3) is 0 Å². The van der Waals surface area contributed by atoms with E-state index >= 15 is 0 Å². The largest absolute Gasteiger partial charge is 0.389 e. The molecule has 0 heterocycles. The topological polar surface area (TPSA) is 72.2 Å². The summed E-state index contributed by atoms with van der Waals surface area (Å²) in [6, 6.07) is 6.95. The van der Waals surface area contributed by atoms with E-state index in [-0.39, 0.29) is 5.75 Å². The molecule has 0 amide bonds. The fraction of sp³-hybridized carbons (Fsp3) is 0.500. The zero-order valence-electron chi connectivity index (χ0n) is 12.1. The van der Waals surface area contributed by atoms with E-state index < -0.39 is 10.0 Å². The Morgan fingerprint density at radius 1 is 1.25 bits per heavy atom. The molecule has 1 aromatic carbocycles. The van der Waals surface area contributed by atoms with Crippen molar-refractivity contribution in [3.05, 3.63) is 35.4 Å². The van der Waals surface area contributed by atoms with Gasteiger partial charge in [0.2, 0.25) is 10.0 Å². The molecule has 1 unspecified atom stereocenters. The third-order valence-corrected chi connectivity index (χ3v) is 4.91. The molecule has 6 heteroatoms. The molecule has 0 saturated heterocycles. The van der Waals surface area contributed by atoms with Crippen LogP contribution in [0, 0.1) is 11.8 Å². The molecule has 0 bridgehead atoms. The van der Waals surface area contributed by atoms with E-state index in [0.717, 1.165) is 11.1 Å². The van der Waals surface area contributed by atoms with Crippen molar-refractivity contribution in [1.29, 1.82) is 0 Å². The van der Waals surface area contributed by atoms with Gasteiger partial charge in [0.1, 0.15) is 4.99 Å². The SMILES string of the molecule is CC(C)C(C)CNS(=O)(=O)Cc1ccc(C(N)=S)cc1. The molecule has 1 aromatic rings. The van der Waals surface area contributed by atoms with E-state index in [2.05, 4.69) is 18.6 Å². The van der Waals surface area contributed by atoms with Gasteiger partial charge in [-0.05, 0) is 17.4 Å². The van der Waals surface area contributed by atoms with Crippen molar-refractivity contribution in [2.75, 3.05) is 6.54 Å². The number of hydrogen-bond donors (Lipinski definition) is 2. The van der Waals surface area contributed by atoms with Gasteiger partial charge in [-0.1, -0.05) is 57.3 Å². The molecule has 0 radical (unpaired) electrons. The Balaban J connectivity index is 2.64. The van der Waals surface area contributed by atoms with Gasteiger partial charge in [-0.3, -0.25) is 0 Å². The molecule has 1 atom stereocenters. The molecule has 0 spiro atoms. The number of benzene rings is 1. The summed E-state index contributed by atoms with van der Waals surface area (Å²) >= 11 is 4.86. The Kier molecular flexibility index (Phi) is 6.10. The van der Waals surface area contributed by atoms with E-state index in [1.54, 1.807) is 24.3 Å². The lowest BCUT2D eigenvalue weighted by Crippen LogP contribution is -2.31. The minimum atomic E-state index is -3.31. The highest BCUT2D eigenvalue weighted by Gasteiger charge is 2.14. The Morgan fingerprint density at radius 2 is 1.80 bits per heavy atom. The van der Waals surface area contributed by atoms with Crippen molar-refractivity contribution < 1.29 is 8.42 Å². The summed E-state index contributed by atoms with van der Waals surface area (Å²) in [6.45, 7) is 6.65. The molecule has 4 nitrogen and oxygen atoms in total. The van der Waals surface area contributed by atoms with E-state index in [1.807, 2.05) is 6.92 Å². The van der Waals surface area contributed by atoms with Gasteiger partial charge in [0.05, 0.1) is 5.75 Å². The molecule has 0 aliphatic heterocycles. The predicted molar refractivity (Wildman–Crippen MR) is 87.0 cm³/mol. The van der Waals surface area contributed by atoms with E-state index in [4.69, 9.17) is 18.0 Å². The van der Waals surface area contributed by atoms with Gasteiger partial charge >= 0.3 is 0 Å². The van der Waals surface area contributed by atoms with Crippen LogP contribution in [0.5, 0.6) is 0 Å². The fourth-order valence-electron chi connectivity index (χ4n) is 1.53. The van der Waals surface area contributed by atoms with E-state index in [1.165, 1.54) is 0 Å². The van der Waals surface area contributed by atoms with Crippen molar-refractivity contribution in [3.8, 4) is 0 Å². The van der Waals surface area contributed by atoms with Crippen LogP contribution in [0.3, 0.4) is 0 Å². The van der Waals surface area contributed by atoms with Gasteiger partial charge in [0.15, 0.2) is 0 Å². The summed E-state index contributed by atoms with van der Waals surface area (Å²) in [5.74, 6) is 0.722. The maximum atomic E-state index is 12.0. The lowest BCUT2D eigenvalue weighted by molar-refractivity contribution is 0.414. The number of thiocarbonyl (C=S) groups is 1. The van der Waals surface area contributed by atoms with Crippen LogP contribution in [0.4, 0.5) is 0 Å². The van der Waals surface area contributed by atoms with Crippen LogP contribution in [0.2, 0.25) is 0 Å². The average molecular weight is 314 g/mol. The normalized spacial score (nSPS) is 13.4. The second-order valence-electron chi connectivity index (χ2n) is 5.39. The van der Waals surface area contributed by atoms with Gasteiger partial charge in [0, 0.05) is 12.1 Å². The average Bonchev–Trinajstić information content (AvgIpc) is 2.36. The first-order chi connectivity index (χ1) is 9.21. The lowest BCUT2D eigenvalue weighted by atomic mass is 9.99. The number of nitrogens with two attached hydrogens (primary N) is 1. The number of rotatable bonds is 7. The minimum absolute atomic E-state index is 0.0323. The summed E-state index contributed by atoms with van der Waals surface area (Å²) in [5, 5.41) is 0. The summed E-state index contributed by atoms with van der Waals surface area (Å²) in [5.41, 5.74) is 6.96. The molecule has 3 N–H and O–H groups in total. The van der Waals surface area contributed by atoms with Crippen molar-refractivity contribution in [1.82, 2.24) is 4.72 Å². The first kappa shape index (κ1) is 17.1. The maximum absolute atomic E-state index is 12.0. The van der Waals surface area contributed by atoms with Gasteiger partial charge < -0.3 is 5.73 Å². The van der Waals surface area contributed by atoms with Gasteiger partial charge in [-0.15, -0.1) is 0 Å². The Hall–Kier alpha value is -0.980. The van der Waals surface area contributed by atoms with E-state index in [9.17, 15) is 8.42 Å². The van der Waals surface area contributed by atoms with Gasteiger partial charge in [-0.2, -0.15) is 0 Å². The van der Waals surface area contributed by atoms with Crippen LogP contribution in [-0.2, 0) is 15.8 Å². The van der Waals surface area contributed by atoms with Crippen molar-refractivity contribution in [2.45, 2.75) is 26.5 Å². The zero-order chi connectivity index (χ0) is 15.3. The highest BCUT2D eigenvalue weighted by atomic mass is 32.2. The lowest BCUT2D eigenvalue weighted by Gasteiger charge is -2.16. The predicted octanol–water partition coefficient (Wildman–Crippen LogP) is 2.03. The number of hydrogen-bond acceptors (Lipinski definition) is 3.